The van der Waals surface area contributed by atoms with Gasteiger partial charge in [-0.1, -0.05) is 5.92 Å². The lowest BCUT2D eigenvalue weighted by molar-refractivity contribution is 0.100. The van der Waals surface area contributed by atoms with Crippen molar-refractivity contribution in [3.63, 3.8) is 0 Å². The number of nitrogens with two attached hydrogens (primary N) is 2. The highest BCUT2D eigenvalue weighted by Gasteiger charge is 2.31. The number of nitrogen functional groups attached to an aromatic ring is 1. The second-order valence-electron chi connectivity index (χ2n) is 7.64. The molecule has 0 aliphatic carbocycles. The molecule has 2 aromatic heterocycles. The number of carbonyl (C=O) groups excluding carboxylic acids is 1. The van der Waals surface area contributed by atoms with Crippen molar-refractivity contribution in [2.24, 2.45) is 5.73 Å². The predicted molar refractivity (Wildman–Crippen MR) is 119 cm³/mol. The number of anilines is 1. The molecule has 0 spiro atoms. The first-order valence-corrected chi connectivity index (χ1v) is 10.2. The molecule has 1 aromatic carbocycles. The number of methoxy groups -OCH3 is 2. The van der Waals surface area contributed by atoms with E-state index in [0.29, 0.717) is 6.42 Å². The Morgan fingerprint density at radius 2 is 1.86 bits per heavy atom. The van der Waals surface area contributed by atoms with Gasteiger partial charge >= 0.3 is 6.09 Å². The number of pyridine rings is 1. The molecule has 1 atom stereocenters. The van der Waals surface area contributed by atoms with E-state index in [1.54, 1.807) is 0 Å². The number of hydrogen-bond donors (Lipinski definition) is 3. The highest BCUT2D eigenvalue weighted by molar-refractivity contribution is 6.08. The summed E-state index contributed by atoms with van der Waals surface area (Å²) in [7, 11) is 2.42. The van der Waals surface area contributed by atoms with E-state index in [2.05, 4.69) is 21.9 Å². The smallest absolute Gasteiger partial charge is 0.407 e. The van der Waals surface area contributed by atoms with Crippen molar-refractivity contribution in [1.82, 2.24) is 19.7 Å². The van der Waals surface area contributed by atoms with Crippen LogP contribution in [0.5, 0.6) is 11.5 Å². The zero-order chi connectivity index (χ0) is 25.4. The van der Waals surface area contributed by atoms with Gasteiger partial charge in [0, 0.05) is 25.4 Å². The number of aromatic nitrogens is 3. The Morgan fingerprint density at radius 1 is 1.20 bits per heavy atom. The van der Waals surface area contributed by atoms with E-state index in [1.165, 1.54) is 30.0 Å². The molecule has 13 heteroatoms. The maximum absolute atomic E-state index is 14.8. The number of carboxylic acid groups (broad SMARTS) is 1. The number of fused-ring (bicyclic) bond motifs is 1. The van der Waals surface area contributed by atoms with Crippen LogP contribution in [0.4, 0.5) is 19.4 Å². The second-order valence-corrected chi connectivity index (χ2v) is 7.64. The van der Waals surface area contributed by atoms with E-state index in [-0.39, 0.29) is 52.6 Å². The molecule has 1 saturated heterocycles. The Balaban J connectivity index is 1.94. The maximum atomic E-state index is 14.8. The van der Waals surface area contributed by atoms with E-state index in [0.717, 1.165) is 6.07 Å². The summed E-state index contributed by atoms with van der Waals surface area (Å²) in [5.41, 5.74) is 11.1. The summed E-state index contributed by atoms with van der Waals surface area (Å²) in [6.45, 7) is 0.338. The molecule has 182 valence electrons. The summed E-state index contributed by atoms with van der Waals surface area (Å²) in [6.07, 6.45) is 0.483. The average Bonchev–Trinajstić information content (AvgIpc) is 3.45. The van der Waals surface area contributed by atoms with Gasteiger partial charge in [0.05, 0.1) is 36.7 Å². The third-order valence-electron chi connectivity index (χ3n) is 5.68. The number of rotatable bonds is 4. The van der Waals surface area contributed by atoms with Crippen molar-refractivity contribution in [2.75, 3.05) is 33.0 Å². The van der Waals surface area contributed by atoms with Gasteiger partial charge in [-0.15, -0.1) is 0 Å². The monoisotopic (exact) mass is 486 g/mol. The standard InChI is InChI=1S/C22H20F2N6O5/c1-34-14-7-15(35-2)18(24)11(17(14)23)3-4-13-16-19(12(21(26)31)8-27-20(16)25)30(28-13)10-5-6-29(9-10)22(32)33/h7-8,10H,5-6,9H2,1-2H3,(H2,25,27)(H2,26,31)(H,32,33)/t10-/m0/s1. The topological polar surface area (TPSA) is 159 Å². The van der Waals surface area contributed by atoms with Crippen molar-refractivity contribution in [1.29, 1.82) is 0 Å². The zero-order valence-electron chi connectivity index (χ0n) is 18.6. The molecule has 1 aliphatic heterocycles. The number of amides is 2. The van der Waals surface area contributed by atoms with Crippen LogP contribution in [-0.4, -0.2) is 64.1 Å². The molecule has 1 aliphatic rings. The molecular weight excluding hydrogens is 466 g/mol. The molecule has 11 nitrogen and oxygen atoms in total. The highest BCUT2D eigenvalue weighted by atomic mass is 19.1. The number of nitrogens with zero attached hydrogens (tertiary/aromatic N) is 4. The molecule has 4 rings (SSSR count). The first-order valence-electron chi connectivity index (χ1n) is 10.2. The SMILES string of the molecule is COc1cc(OC)c(F)c(C#Cc2nn([C@H]3CCN(C(=O)O)C3)c3c(C(N)=O)cnc(N)c23)c1F. The van der Waals surface area contributed by atoms with Crippen LogP contribution in [0.3, 0.4) is 0 Å². The fraction of sp³-hybridized carbons (Fsp3) is 0.273. The van der Waals surface area contributed by atoms with Gasteiger partial charge in [0.15, 0.2) is 23.1 Å². The van der Waals surface area contributed by atoms with E-state index < -0.39 is 35.2 Å². The summed E-state index contributed by atoms with van der Waals surface area (Å²) in [4.78, 5) is 28.7. The summed E-state index contributed by atoms with van der Waals surface area (Å²) in [6, 6.07) is 0.587. The average molecular weight is 486 g/mol. The van der Waals surface area contributed by atoms with Crippen LogP contribution in [-0.2, 0) is 0 Å². The molecule has 35 heavy (non-hydrogen) atoms. The van der Waals surface area contributed by atoms with Crippen LogP contribution in [0.15, 0.2) is 12.3 Å². The lowest BCUT2D eigenvalue weighted by atomic mass is 10.1. The molecule has 3 aromatic rings. The van der Waals surface area contributed by atoms with Gasteiger partial charge in [-0.25, -0.2) is 18.6 Å². The number of likely N-dealkylation sites (tertiary alicyclic amines) is 1. The summed E-state index contributed by atoms with van der Waals surface area (Å²) < 4.78 is 40.8. The summed E-state index contributed by atoms with van der Waals surface area (Å²) in [5, 5.41) is 13.9. The number of carbonyl (C=O) groups is 2. The Hall–Kier alpha value is -4.60. The third-order valence-corrected chi connectivity index (χ3v) is 5.68. The molecule has 0 bridgehead atoms. The van der Waals surface area contributed by atoms with Gasteiger partial charge in [0.25, 0.3) is 5.91 Å². The van der Waals surface area contributed by atoms with Gasteiger partial charge in [-0.2, -0.15) is 5.10 Å². The highest BCUT2D eigenvalue weighted by Crippen LogP contribution is 2.33. The lowest BCUT2D eigenvalue weighted by Crippen LogP contribution is -2.27. The Bertz CT molecular complexity index is 1400. The Kier molecular flexibility index (Phi) is 6.04. The van der Waals surface area contributed by atoms with Crippen LogP contribution >= 0.6 is 0 Å². The minimum absolute atomic E-state index is 0.0102. The number of primary amides is 1. The number of halogens is 2. The Labute approximate surface area is 197 Å². The molecule has 1 fully saturated rings. The van der Waals surface area contributed by atoms with Crippen molar-refractivity contribution < 1.29 is 33.0 Å². The van der Waals surface area contributed by atoms with Crippen molar-refractivity contribution >= 4 is 28.7 Å². The minimum Gasteiger partial charge on any atom is -0.493 e. The number of ether oxygens (including phenoxy) is 2. The fourth-order valence-electron chi connectivity index (χ4n) is 3.96. The molecule has 0 radical (unpaired) electrons. The predicted octanol–water partition coefficient (Wildman–Crippen LogP) is 1.73. The van der Waals surface area contributed by atoms with Gasteiger partial charge in [-0.3, -0.25) is 9.48 Å². The fourth-order valence-corrected chi connectivity index (χ4v) is 3.96. The van der Waals surface area contributed by atoms with Crippen molar-refractivity contribution in [3.8, 4) is 23.3 Å². The maximum Gasteiger partial charge on any atom is 0.407 e. The van der Waals surface area contributed by atoms with Crippen molar-refractivity contribution in [3.05, 3.63) is 40.7 Å². The van der Waals surface area contributed by atoms with Crippen LogP contribution in [0.2, 0.25) is 0 Å². The van der Waals surface area contributed by atoms with Gasteiger partial charge in [0.2, 0.25) is 0 Å². The minimum atomic E-state index is -1.10. The number of hydrogen-bond acceptors (Lipinski definition) is 7. The van der Waals surface area contributed by atoms with Crippen molar-refractivity contribution in [2.45, 2.75) is 12.5 Å². The number of benzene rings is 1. The quantitative estimate of drug-likeness (QED) is 0.470. The van der Waals surface area contributed by atoms with Gasteiger partial charge < -0.3 is 30.9 Å². The van der Waals surface area contributed by atoms with E-state index in [4.69, 9.17) is 20.9 Å². The van der Waals surface area contributed by atoms with Crippen LogP contribution in [0.1, 0.15) is 34.1 Å². The van der Waals surface area contributed by atoms with Gasteiger partial charge in [-0.05, 0) is 12.3 Å². The lowest BCUT2D eigenvalue weighted by Gasteiger charge is -2.14. The summed E-state index contributed by atoms with van der Waals surface area (Å²) in [5.74, 6) is 1.51. The molecule has 0 unspecified atom stereocenters. The van der Waals surface area contributed by atoms with E-state index in [9.17, 15) is 23.5 Å². The molecule has 5 N–H and O–H groups in total. The largest absolute Gasteiger partial charge is 0.493 e. The second kappa shape index (κ2) is 8.98. The molecule has 3 heterocycles. The normalized spacial score (nSPS) is 15.1. The van der Waals surface area contributed by atoms with Crippen LogP contribution in [0, 0.1) is 23.5 Å². The molecular formula is C22H20F2N6O5. The van der Waals surface area contributed by atoms with Gasteiger partial charge in [0.1, 0.15) is 17.1 Å². The first kappa shape index (κ1) is 23.6. The molecule has 0 saturated carbocycles. The zero-order valence-corrected chi connectivity index (χ0v) is 18.6. The third kappa shape index (κ3) is 3.99. The Morgan fingerprint density at radius 3 is 2.40 bits per heavy atom. The van der Waals surface area contributed by atoms with E-state index in [1.807, 2.05) is 0 Å². The molecule has 2 amide bonds. The van der Waals surface area contributed by atoms with E-state index >= 15 is 0 Å². The summed E-state index contributed by atoms with van der Waals surface area (Å²) >= 11 is 0. The van der Waals surface area contributed by atoms with Crippen LogP contribution < -0.4 is 20.9 Å². The van der Waals surface area contributed by atoms with Crippen LogP contribution in [0.25, 0.3) is 10.9 Å². The first-order chi connectivity index (χ1) is 16.7.